The molecular weight excluding hydrogens is 491 g/mol. The number of nitrogens with zero attached hydrogens (tertiary/aromatic N) is 1. The van der Waals surface area contributed by atoms with Crippen molar-refractivity contribution in [2.75, 3.05) is 6.61 Å². The van der Waals surface area contributed by atoms with Crippen LogP contribution in [0.4, 0.5) is 13.2 Å². The molecule has 0 aromatic rings. The van der Waals surface area contributed by atoms with Gasteiger partial charge in [-0.05, 0) is 18.1 Å². The zero-order valence-electron chi connectivity index (χ0n) is 18.7. The third-order valence-electron chi connectivity index (χ3n) is 4.66. The summed E-state index contributed by atoms with van der Waals surface area (Å²) in [5, 5.41) is -0.439. The highest BCUT2D eigenvalue weighted by atomic mass is 32.2. The third kappa shape index (κ3) is 7.53. The first kappa shape index (κ1) is 27.8. The molecule has 188 valence electrons. The molecule has 1 aliphatic heterocycles. The second-order valence-electron chi connectivity index (χ2n) is 7.32. The van der Waals surface area contributed by atoms with Gasteiger partial charge in [-0.15, -0.1) is 9.35 Å². The Hall–Kier alpha value is -3.43. The van der Waals surface area contributed by atoms with Crippen LogP contribution in [-0.4, -0.2) is 43.4 Å². The van der Waals surface area contributed by atoms with E-state index in [0.29, 0.717) is 12.0 Å². The van der Waals surface area contributed by atoms with E-state index >= 15 is 0 Å². The van der Waals surface area contributed by atoms with Gasteiger partial charge in [0.15, 0.2) is 6.61 Å². The van der Waals surface area contributed by atoms with Crippen molar-refractivity contribution in [1.82, 2.24) is 5.06 Å². The molecule has 0 spiro atoms. The first-order valence-corrected chi connectivity index (χ1v) is 11.8. The maximum absolute atomic E-state index is 12.7. The predicted octanol–water partition coefficient (Wildman–Crippen LogP) is 3.56. The topological polar surface area (TPSA) is 107 Å². The predicted molar refractivity (Wildman–Crippen MR) is 118 cm³/mol. The number of carbonyl (C=O) groups excluding carboxylic acids is 3. The summed E-state index contributed by atoms with van der Waals surface area (Å²) in [5.41, 5.74) is -5.60. The molecular formula is C23H22F3NO7S. The molecule has 8 nitrogen and oxygen atoms in total. The van der Waals surface area contributed by atoms with Crippen LogP contribution < -0.4 is 0 Å². The first-order chi connectivity index (χ1) is 16.4. The molecule has 2 rings (SSSR count). The highest BCUT2D eigenvalue weighted by molar-refractivity contribution is 7.87. The van der Waals surface area contributed by atoms with Crippen molar-refractivity contribution < 1.29 is 45.0 Å². The molecule has 35 heavy (non-hydrogen) atoms. The van der Waals surface area contributed by atoms with Gasteiger partial charge in [-0.2, -0.15) is 21.6 Å². The van der Waals surface area contributed by atoms with Gasteiger partial charge >= 0.3 is 21.6 Å². The number of carbonyl (C=O) groups is 3. The number of imide groups is 1. The minimum atomic E-state index is -6.26. The largest absolute Gasteiger partial charge is 0.525 e. The Morgan fingerprint density at radius 2 is 1.80 bits per heavy atom. The standard InChI is InChI=1S/C23H22F3NO7S/c1-3-4-5-11-20(28)33-14-7-10-17-12-13-19-15-18(9-6-8-16(17)2)21(29)27(22(19)30)34-35(31,32)23(24,25)26/h6,8-9,12-13H,2-5,11,14-15H2,1H3/b8-6-,17-12-,18-9+,19-13+. The fourth-order valence-corrected chi connectivity index (χ4v) is 3.22. The van der Waals surface area contributed by atoms with E-state index in [-0.39, 0.29) is 36.2 Å². The molecule has 0 saturated carbocycles. The fourth-order valence-electron chi connectivity index (χ4n) is 2.80. The number of hydrogen-bond acceptors (Lipinski definition) is 7. The summed E-state index contributed by atoms with van der Waals surface area (Å²) in [6, 6.07) is 0. The number of piperidine rings is 1. The summed E-state index contributed by atoms with van der Waals surface area (Å²) in [6.45, 7) is 5.64. The molecule has 12 heteroatoms. The highest BCUT2D eigenvalue weighted by Gasteiger charge is 2.51. The Bertz CT molecular complexity index is 1200. The number of ether oxygens (including phenoxy) is 1. The number of allylic oxidation sites excluding steroid dienone is 7. The van der Waals surface area contributed by atoms with Crippen LogP contribution in [0.25, 0.3) is 0 Å². The summed E-state index contributed by atoms with van der Waals surface area (Å²) in [7, 11) is -6.26. The molecule has 2 amide bonds. The normalized spacial score (nSPS) is 22.0. The summed E-state index contributed by atoms with van der Waals surface area (Å²) < 4.78 is 69.6. The Morgan fingerprint density at radius 3 is 2.43 bits per heavy atom. The number of hydroxylamine groups is 2. The second-order valence-corrected chi connectivity index (χ2v) is 8.84. The van der Waals surface area contributed by atoms with E-state index in [9.17, 15) is 36.0 Å². The van der Waals surface area contributed by atoms with E-state index in [1.165, 1.54) is 30.4 Å². The van der Waals surface area contributed by atoms with Crippen molar-refractivity contribution in [3.63, 3.8) is 0 Å². The number of esters is 1. The van der Waals surface area contributed by atoms with Crippen molar-refractivity contribution in [2.45, 2.75) is 44.5 Å². The number of halogens is 3. The average molecular weight is 513 g/mol. The number of unbranched alkanes of at least 4 members (excludes halogenated alkanes) is 2. The monoisotopic (exact) mass is 513 g/mol. The Labute approximate surface area is 200 Å². The number of hydrogen-bond donors (Lipinski definition) is 0. The van der Waals surface area contributed by atoms with Crippen molar-refractivity contribution in [3.05, 3.63) is 59.3 Å². The lowest BCUT2D eigenvalue weighted by Gasteiger charge is -2.26. The van der Waals surface area contributed by atoms with Crippen LogP contribution in [0.1, 0.15) is 39.0 Å². The molecule has 2 bridgehead atoms. The number of amides is 2. The van der Waals surface area contributed by atoms with Crippen molar-refractivity contribution in [2.24, 2.45) is 0 Å². The third-order valence-corrected chi connectivity index (χ3v) is 5.57. The van der Waals surface area contributed by atoms with E-state index < -0.39 is 38.5 Å². The Kier molecular flexibility index (Phi) is 9.39. The minimum Gasteiger partial charge on any atom is -0.452 e. The number of fused-ring (bicyclic) bond motifs is 2. The molecule has 1 fully saturated rings. The van der Waals surface area contributed by atoms with Crippen LogP contribution in [-0.2, 0) is 33.5 Å². The summed E-state index contributed by atoms with van der Waals surface area (Å²) in [5.74, 6) is 2.26. The molecule has 0 aromatic carbocycles. The van der Waals surface area contributed by atoms with E-state index in [1.54, 1.807) is 0 Å². The summed E-state index contributed by atoms with van der Waals surface area (Å²) in [4.78, 5) is 36.6. The Balaban J connectivity index is 2.27. The smallest absolute Gasteiger partial charge is 0.452 e. The van der Waals surface area contributed by atoms with Crippen LogP contribution in [0, 0.1) is 11.8 Å². The zero-order chi connectivity index (χ0) is 26.2. The number of alkyl halides is 3. The van der Waals surface area contributed by atoms with Gasteiger partial charge in [0.1, 0.15) is 0 Å². The zero-order valence-corrected chi connectivity index (χ0v) is 19.5. The average Bonchev–Trinajstić information content (AvgIpc) is 2.77. The summed E-state index contributed by atoms with van der Waals surface area (Å²) >= 11 is 0. The molecule has 0 aromatic heterocycles. The van der Waals surface area contributed by atoms with Crippen LogP contribution in [0.15, 0.2) is 59.3 Å². The minimum absolute atomic E-state index is 0.185. The van der Waals surface area contributed by atoms with Gasteiger partial charge in [0, 0.05) is 29.6 Å². The summed E-state index contributed by atoms with van der Waals surface area (Å²) in [6.07, 6.45) is 9.04. The van der Waals surface area contributed by atoms with Gasteiger partial charge in [-0.1, -0.05) is 62.5 Å². The van der Waals surface area contributed by atoms with Crippen molar-refractivity contribution in [3.8, 4) is 11.8 Å². The molecule has 0 unspecified atom stereocenters. The van der Waals surface area contributed by atoms with Crippen LogP contribution in [0.3, 0.4) is 0 Å². The van der Waals surface area contributed by atoms with Gasteiger partial charge in [0.25, 0.3) is 11.8 Å². The van der Waals surface area contributed by atoms with Gasteiger partial charge in [-0.3, -0.25) is 14.4 Å². The van der Waals surface area contributed by atoms with Crippen LogP contribution in [0.5, 0.6) is 0 Å². The Morgan fingerprint density at radius 1 is 1.14 bits per heavy atom. The van der Waals surface area contributed by atoms with E-state index in [1.807, 2.05) is 6.92 Å². The van der Waals surface area contributed by atoms with E-state index in [2.05, 4.69) is 22.7 Å². The van der Waals surface area contributed by atoms with Gasteiger partial charge in [0.2, 0.25) is 0 Å². The van der Waals surface area contributed by atoms with Crippen molar-refractivity contribution >= 4 is 27.9 Å². The fraction of sp³-hybridized carbons (Fsp3) is 0.348. The van der Waals surface area contributed by atoms with Gasteiger partial charge < -0.3 is 4.74 Å². The van der Waals surface area contributed by atoms with Crippen molar-refractivity contribution in [1.29, 1.82) is 0 Å². The first-order valence-electron chi connectivity index (χ1n) is 10.4. The van der Waals surface area contributed by atoms with E-state index in [0.717, 1.165) is 12.8 Å². The lowest BCUT2D eigenvalue weighted by Crippen LogP contribution is -2.46. The maximum atomic E-state index is 12.7. The SMILES string of the molecule is C=C1/C=C\C=C2/C/C(=C\C=C/1C#CCOC(=O)CCCCC)C(=O)N(OS(=O)(=O)C(F)(F)F)C2=O. The van der Waals surface area contributed by atoms with Gasteiger partial charge in [0.05, 0.1) is 0 Å². The molecule has 0 N–H and O–H groups in total. The molecule has 0 radical (unpaired) electrons. The number of rotatable bonds is 7. The quantitative estimate of drug-likeness (QED) is 0.168. The van der Waals surface area contributed by atoms with Crippen LogP contribution in [0.2, 0.25) is 0 Å². The molecule has 1 aliphatic carbocycles. The van der Waals surface area contributed by atoms with E-state index in [4.69, 9.17) is 4.74 Å². The molecule has 1 saturated heterocycles. The highest BCUT2D eigenvalue weighted by Crippen LogP contribution is 2.30. The second kappa shape index (κ2) is 11.8. The lowest BCUT2D eigenvalue weighted by molar-refractivity contribution is -0.170. The van der Waals surface area contributed by atoms with Crippen LogP contribution >= 0.6 is 0 Å². The lowest BCUT2D eigenvalue weighted by atomic mass is 9.96. The molecule has 2 aliphatic rings. The maximum Gasteiger partial charge on any atom is 0.525 e. The molecule has 1 heterocycles. The van der Waals surface area contributed by atoms with Gasteiger partial charge in [-0.25, -0.2) is 0 Å². The molecule has 0 atom stereocenters.